The molecule has 2 aromatic carbocycles. The largest absolute Gasteiger partial charge is 0.348 e. The van der Waals surface area contributed by atoms with Crippen molar-refractivity contribution in [3.05, 3.63) is 66.0 Å². The van der Waals surface area contributed by atoms with Gasteiger partial charge in [-0.05, 0) is 40.0 Å². The van der Waals surface area contributed by atoms with Crippen LogP contribution in [0.3, 0.4) is 0 Å². The van der Waals surface area contributed by atoms with E-state index in [1.165, 1.54) is 24.8 Å². The molecular formula is C22H25N5O. The molecule has 3 aromatic rings. The number of benzene rings is 2. The van der Waals surface area contributed by atoms with E-state index in [0.29, 0.717) is 19.0 Å². The molecule has 1 aromatic heterocycles. The molecule has 1 aliphatic rings. The van der Waals surface area contributed by atoms with Gasteiger partial charge in [-0.15, -0.1) is 5.10 Å². The van der Waals surface area contributed by atoms with E-state index in [0.717, 1.165) is 29.8 Å². The fourth-order valence-corrected chi connectivity index (χ4v) is 3.81. The van der Waals surface area contributed by atoms with Crippen LogP contribution in [0.5, 0.6) is 0 Å². The summed E-state index contributed by atoms with van der Waals surface area (Å²) in [5.41, 5.74) is 3.31. The van der Waals surface area contributed by atoms with Gasteiger partial charge in [0.15, 0.2) is 5.82 Å². The second-order valence-electron chi connectivity index (χ2n) is 7.35. The highest BCUT2D eigenvalue weighted by atomic mass is 16.1. The Morgan fingerprint density at radius 1 is 0.964 bits per heavy atom. The molecule has 1 saturated carbocycles. The van der Waals surface area contributed by atoms with Gasteiger partial charge in [0.2, 0.25) is 5.91 Å². The Labute approximate surface area is 165 Å². The molecule has 6 heteroatoms. The minimum Gasteiger partial charge on any atom is -0.348 e. The van der Waals surface area contributed by atoms with Crippen LogP contribution in [-0.4, -0.2) is 26.1 Å². The van der Waals surface area contributed by atoms with Gasteiger partial charge in [0.1, 0.15) is 0 Å². The monoisotopic (exact) mass is 375 g/mol. The molecule has 1 fully saturated rings. The third kappa shape index (κ3) is 4.44. The first-order chi connectivity index (χ1) is 13.8. The summed E-state index contributed by atoms with van der Waals surface area (Å²) < 4.78 is 1.90. The van der Waals surface area contributed by atoms with Crippen LogP contribution in [0.4, 0.5) is 0 Å². The van der Waals surface area contributed by atoms with E-state index < -0.39 is 0 Å². The van der Waals surface area contributed by atoms with Crippen LogP contribution in [-0.2, 0) is 17.8 Å². The van der Waals surface area contributed by atoms with Crippen molar-refractivity contribution in [1.82, 2.24) is 25.5 Å². The molecule has 0 aliphatic heterocycles. The molecule has 28 heavy (non-hydrogen) atoms. The number of nitrogens with zero attached hydrogens (tertiary/aromatic N) is 4. The third-order valence-electron chi connectivity index (χ3n) is 5.35. The lowest BCUT2D eigenvalue weighted by Crippen LogP contribution is -2.27. The zero-order valence-electron chi connectivity index (χ0n) is 15.9. The summed E-state index contributed by atoms with van der Waals surface area (Å²) in [6.45, 7) is 0.366. The number of hydrogen-bond acceptors (Lipinski definition) is 4. The van der Waals surface area contributed by atoms with Gasteiger partial charge in [-0.25, -0.2) is 4.68 Å². The first kappa shape index (κ1) is 18.3. The zero-order valence-corrected chi connectivity index (χ0v) is 15.9. The van der Waals surface area contributed by atoms with E-state index in [1.807, 2.05) is 35.0 Å². The third-order valence-corrected chi connectivity index (χ3v) is 5.35. The number of carbonyl (C=O) groups is 1. The predicted molar refractivity (Wildman–Crippen MR) is 107 cm³/mol. The number of amides is 1. The Morgan fingerprint density at radius 3 is 2.43 bits per heavy atom. The lowest BCUT2D eigenvalue weighted by Gasteiger charge is -2.22. The minimum atomic E-state index is -0.0225. The smallest absolute Gasteiger partial charge is 0.224 e. The fourth-order valence-electron chi connectivity index (χ4n) is 3.81. The van der Waals surface area contributed by atoms with Gasteiger partial charge < -0.3 is 5.32 Å². The summed E-state index contributed by atoms with van der Waals surface area (Å²) in [4.78, 5) is 12.4. The van der Waals surface area contributed by atoms with Crippen molar-refractivity contribution in [2.24, 2.45) is 0 Å². The lowest BCUT2D eigenvalue weighted by molar-refractivity contribution is -0.120. The highest BCUT2D eigenvalue weighted by molar-refractivity contribution is 5.78. The normalized spacial score (nSPS) is 14.7. The maximum absolute atomic E-state index is 12.4. The van der Waals surface area contributed by atoms with Crippen molar-refractivity contribution >= 4 is 5.91 Å². The second-order valence-corrected chi connectivity index (χ2v) is 7.35. The molecule has 1 amide bonds. The van der Waals surface area contributed by atoms with Gasteiger partial charge in [-0.1, -0.05) is 73.9 Å². The molecule has 0 saturated heterocycles. The first-order valence-corrected chi connectivity index (χ1v) is 9.97. The summed E-state index contributed by atoms with van der Waals surface area (Å²) >= 11 is 0. The first-order valence-electron chi connectivity index (χ1n) is 9.97. The van der Waals surface area contributed by atoms with Crippen molar-refractivity contribution in [2.45, 2.75) is 51.1 Å². The van der Waals surface area contributed by atoms with E-state index in [2.05, 4.69) is 45.1 Å². The highest BCUT2D eigenvalue weighted by Gasteiger charge is 2.20. The van der Waals surface area contributed by atoms with Gasteiger partial charge in [0.25, 0.3) is 0 Å². The molecule has 0 bridgehead atoms. The van der Waals surface area contributed by atoms with Crippen molar-refractivity contribution in [3.63, 3.8) is 0 Å². The Hall–Kier alpha value is -3.02. The minimum absolute atomic E-state index is 0.0225. The number of rotatable bonds is 6. The molecule has 4 rings (SSSR count). The Balaban J connectivity index is 1.32. The number of hydrogen-bond donors (Lipinski definition) is 1. The molecule has 1 aliphatic carbocycles. The zero-order chi connectivity index (χ0) is 19.2. The van der Waals surface area contributed by atoms with Crippen molar-refractivity contribution in [2.75, 3.05) is 0 Å². The van der Waals surface area contributed by atoms with E-state index in [1.54, 1.807) is 0 Å². The van der Waals surface area contributed by atoms with E-state index in [4.69, 9.17) is 0 Å². The molecule has 0 atom stereocenters. The molecule has 0 unspecified atom stereocenters. The van der Waals surface area contributed by atoms with E-state index in [-0.39, 0.29) is 5.91 Å². The van der Waals surface area contributed by atoms with Crippen molar-refractivity contribution in [1.29, 1.82) is 0 Å². The summed E-state index contributed by atoms with van der Waals surface area (Å²) in [6.07, 6.45) is 6.29. The van der Waals surface area contributed by atoms with E-state index >= 15 is 0 Å². The maximum Gasteiger partial charge on any atom is 0.224 e. The average Bonchev–Trinajstić information content (AvgIpc) is 3.23. The molecule has 144 valence electrons. The quantitative estimate of drug-likeness (QED) is 0.713. The Kier molecular flexibility index (Phi) is 5.75. The number of tetrazole rings is 1. The number of carbonyl (C=O) groups excluding carboxylic acids is 1. The van der Waals surface area contributed by atoms with Gasteiger partial charge in [0.05, 0.1) is 19.0 Å². The molecule has 1 heterocycles. The van der Waals surface area contributed by atoms with Crippen LogP contribution in [0.15, 0.2) is 54.6 Å². The van der Waals surface area contributed by atoms with Crippen LogP contribution in [0.2, 0.25) is 0 Å². The second kappa shape index (κ2) is 8.78. The average molecular weight is 375 g/mol. The molecular weight excluding hydrogens is 350 g/mol. The molecule has 1 N–H and O–H groups in total. The summed E-state index contributed by atoms with van der Waals surface area (Å²) in [6, 6.07) is 18.7. The Morgan fingerprint density at radius 2 is 1.68 bits per heavy atom. The topological polar surface area (TPSA) is 72.7 Å². The van der Waals surface area contributed by atoms with Crippen LogP contribution < -0.4 is 5.32 Å². The van der Waals surface area contributed by atoms with Crippen LogP contribution in [0, 0.1) is 0 Å². The molecule has 0 spiro atoms. The fraction of sp³-hybridized carbons (Fsp3) is 0.364. The lowest BCUT2D eigenvalue weighted by atomic mass is 9.95. The van der Waals surface area contributed by atoms with Gasteiger partial charge in [-0.2, -0.15) is 0 Å². The van der Waals surface area contributed by atoms with Crippen LogP contribution in [0.1, 0.15) is 49.5 Å². The Bertz CT molecular complexity index is 898. The summed E-state index contributed by atoms with van der Waals surface area (Å²) in [5.74, 6) is 0.713. The van der Waals surface area contributed by atoms with Gasteiger partial charge in [0, 0.05) is 0 Å². The molecule has 6 nitrogen and oxygen atoms in total. The maximum atomic E-state index is 12.4. The van der Waals surface area contributed by atoms with Crippen molar-refractivity contribution < 1.29 is 4.79 Å². The molecule has 0 radical (unpaired) electrons. The van der Waals surface area contributed by atoms with Crippen LogP contribution in [0.25, 0.3) is 11.1 Å². The predicted octanol–water partition coefficient (Wildman–Crippen LogP) is 3.70. The number of aromatic nitrogens is 4. The van der Waals surface area contributed by atoms with E-state index in [9.17, 15) is 4.79 Å². The highest BCUT2D eigenvalue weighted by Crippen LogP contribution is 2.27. The van der Waals surface area contributed by atoms with Crippen molar-refractivity contribution in [3.8, 4) is 11.1 Å². The van der Waals surface area contributed by atoms with Gasteiger partial charge in [-0.3, -0.25) is 4.79 Å². The summed E-state index contributed by atoms with van der Waals surface area (Å²) in [7, 11) is 0. The SMILES string of the molecule is O=C(Cc1ccc(-c2ccccc2)cc1)NCc1nnnn1C1CCCCC1. The van der Waals surface area contributed by atoms with Gasteiger partial charge >= 0.3 is 0 Å². The number of nitrogens with one attached hydrogen (secondary N) is 1. The summed E-state index contributed by atoms with van der Waals surface area (Å²) in [5, 5.41) is 15.0. The van der Waals surface area contributed by atoms with Crippen LogP contribution >= 0.6 is 0 Å². The standard InChI is InChI=1S/C22H25N5O/c28-22(15-17-11-13-19(14-12-17)18-7-3-1-4-8-18)23-16-21-24-25-26-27(21)20-9-5-2-6-10-20/h1,3-4,7-8,11-14,20H,2,5-6,9-10,15-16H2,(H,23,28).